The molecule has 1 unspecified atom stereocenters. The molecule has 5 rings (SSSR count). The topological polar surface area (TPSA) is 61.4 Å². The standard InChI is InChI=1S/C37H46FN3O2.5C2H6/c1-35(2,3)27-14-12-13-26(23-27)33(42)40-28-19-22-41(24-28)21-11-10-20-37(34(43)39-25-36(4,5)38)31-17-8-6-15-29(31)30-16-7-9-18-32(30)37;5*1-2/h6-9,12-18,23,28H,10-11,19-22,24-25H2,1-5H3,(H,39,43)(H,40,42);5*1-2H3. The second kappa shape index (κ2) is 24.7. The molecule has 2 aliphatic rings. The Morgan fingerprint density at radius 3 is 1.79 bits per heavy atom. The van der Waals surface area contributed by atoms with E-state index < -0.39 is 11.1 Å². The molecule has 0 aromatic heterocycles. The Morgan fingerprint density at radius 2 is 1.28 bits per heavy atom. The van der Waals surface area contributed by atoms with Gasteiger partial charge < -0.3 is 15.5 Å². The Morgan fingerprint density at radius 1 is 0.755 bits per heavy atom. The average molecular weight is 734 g/mol. The van der Waals surface area contributed by atoms with Crippen LogP contribution in [-0.4, -0.2) is 54.6 Å². The molecule has 0 saturated carbocycles. The van der Waals surface area contributed by atoms with Gasteiger partial charge in [-0.05, 0) is 85.0 Å². The molecule has 1 heterocycles. The van der Waals surface area contributed by atoms with Crippen LogP contribution in [-0.2, 0) is 15.6 Å². The van der Waals surface area contributed by atoms with E-state index in [-0.39, 0.29) is 29.8 Å². The number of hydrogen-bond acceptors (Lipinski definition) is 3. The van der Waals surface area contributed by atoms with Crippen LogP contribution in [0.5, 0.6) is 0 Å². The number of unbranched alkanes of at least 4 members (excludes halogenated alkanes) is 1. The van der Waals surface area contributed by atoms with Gasteiger partial charge in [-0.2, -0.15) is 0 Å². The van der Waals surface area contributed by atoms with Gasteiger partial charge in [0.2, 0.25) is 5.91 Å². The molecule has 5 nitrogen and oxygen atoms in total. The quantitative estimate of drug-likeness (QED) is 0.204. The number of rotatable bonds is 10. The Labute approximate surface area is 324 Å². The number of hydrogen-bond donors (Lipinski definition) is 2. The summed E-state index contributed by atoms with van der Waals surface area (Å²) in [5.74, 6) is -0.143. The van der Waals surface area contributed by atoms with Crippen LogP contribution in [0.25, 0.3) is 11.1 Å². The van der Waals surface area contributed by atoms with Gasteiger partial charge in [-0.15, -0.1) is 0 Å². The summed E-state index contributed by atoms with van der Waals surface area (Å²) in [6.07, 6.45) is 3.36. The van der Waals surface area contributed by atoms with Crippen molar-refractivity contribution in [1.29, 1.82) is 0 Å². The molecule has 0 bridgehead atoms. The number of amides is 2. The van der Waals surface area contributed by atoms with Crippen molar-refractivity contribution in [3.63, 3.8) is 0 Å². The molecule has 3 aromatic carbocycles. The zero-order valence-corrected chi connectivity index (χ0v) is 36.3. The van der Waals surface area contributed by atoms with E-state index >= 15 is 0 Å². The summed E-state index contributed by atoms with van der Waals surface area (Å²) in [6.45, 7) is 32.1. The first-order valence-electron chi connectivity index (χ1n) is 20.7. The highest BCUT2D eigenvalue weighted by Gasteiger charge is 2.48. The van der Waals surface area contributed by atoms with E-state index in [2.05, 4.69) is 66.6 Å². The van der Waals surface area contributed by atoms with Crippen molar-refractivity contribution < 1.29 is 14.0 Å². The third-order valence-electron chi connectivity index (χ3n) is 9.00. The highest BCUT2D eigenvalue weighted by Crippen LogP contribution is 2.51. The SMILES string of the molecule is CC.CC.CC.CC.CC.CC(C)(F)CNC(=O)C1(CCCCN2CCC(NC(=O)c3cccc(C(C)(C)C)c3)C2)c2ccccc2-c2ccccc21. The number of nitrogens with one attached hydrogen (secondary N) is 2. The maximum atomic E-state index is 14.5. The summed E-state index contributed by atoms with van der Waals surface area (Å²) in [5.41, 5.74) is 3.69. The number of carbonyl (C=O) groups excluding carboxylic acids is 2. The van der Waals surface area contributed by atoms with Gasteiger partial charge >= 0.3 is 0 Å². The second-order valence-electron chi connectivity index (χ2n) is 13.9. The first-order valence-corrected chi connectivity index (χ1v) is 20.7. The number of likely N-dealkylation sites (tertiary alicyclic amines) is 1. The molecule has 2 amide bonds. The molecule has 1 saturated heterocycles. The van der Waals surface area contributed by atoms with Gasteiger partial charge in [-0.3, -0.25) is 9.59 Å². The summed E-state index contributed by atoms with van der Waals surface area (Å²) in [6, 6.07) is 24.3. The lowest BCUT2D eigenvalue weighted by Gasteiger charge is -2.32. The lowest BCUT2D eigenvalue weighted by molar-refractivity contribution is -0.126. The monoisotopic (exact) mass is 734 g/mol. The van der Waals surface area contributed by atoms with E-state index in [1.165, 1.54) is 13.8 Å². The predicted molar refractivity (Wildman–Crippen MR) is 229 cm³/mol. The first kappa shape index (κ1) is 49.5. The van der Waals surface area contributed by atoms with E-state index in [1.807, 2.05) is 112 Å². The van der Waals surface area contributed by atoms with E-state index in [1.54, 1.807) is 0 Å². The molecule has 1 aliphatic carbocycles. The van der Waals surface area contributed by atoms with Crippen molar-refractivity contribution in [3.05, 3.63) is 95.1 Å². The molecule has 298 valence electrons. The highest BCUT2D eigenvalue weighted by molar-refractivity contribution is 6.00. The van der Waals surface area contributed by atoms with Gasteiger partial charge in [0.1, 0.15) is 11.1 Å². The number of halogens is 1. The van der Waals surface area contributed by atoms with Gasteiger partial charge in [0.05, 0.1) is 6.54 Å². The molecular weight excluding hydrogens is 658 g/mol. The summed E-state index contributed by atoms with van der Waals surface area (Å²) in [5, 5.41) is 6.20. The van der Waals surface area contributed by atoms with Crippen LogP contribution in [0.3, 0.4) is 0 Å². The van der Waals surface area contributed by atoms with Crippen LogP contribution in [0.2, 0.25) is 0 Å². The van der Waals surface area contributed by atoms with Crippen molar-refractivity contribution in [2.45, 2.75) is 152 Å². The lowest BCUT2D eigenvalue weighted by atomic mass is 9.73. The van der Waals surface area contributed by atoms with E-state index in [0.717, 1.165) is 66.7 Å². The van der Waals surface area contributed by atoms with Crippen molar-refractivity contribution in [2.75, 3.05) is 26.2 Å². The maximum absolute atomic E-state index is 14.5. The van der Waals surface area contributed by atoms with Crippen LogP contribution in [0.15, 0.2) is 72.8 Å². The zero-order chi connectivity index (χ0) is 40.8. The van der Waals surface area contributed by atoms with Gasteiger partial charge in [0, 0.05) is 24.7 Å². The van der Waals surface area contributed by atoms with Crippen molar-refractivity contribution >= 4 is 11.8 Å². The molecule has 0 radical (unpaired) electrons. The average Bonchev–Trinajstić information content (AvgIpc) is 3.76. The largest absolute Gasteiger partial charge is 0.352 e. The third-order valence-corrected chi connectivity index (χ3v) is 9.00. The predicted octanol–water partition coefficient (Wildman–Crippen LogP) is 11.9. The molecule has 1 aliphatic heterocycles. The fourth-order valence-electron chi connectivity index (χ4n) is 6.67. The Hall–Kier alpha value is -3.51. The number of benzene rings is 3. The normalized spacial score (nSPS) is 15.0. The summed E-state index contributed by atoms with van der Waals surface area (Å²) >= 11 is 0. The minimum Gasteiger partial charge on any atom is -0.352 e. The summed E-state index contributed by atoms with van der Waals surface area (Å²) < 4.78 is 14.5. The number of alkyl halides is 1. The van der Waals surface area contributed by atoms with E-state index in [9.17, 15) is 14.0 Å². The van der Waals surface area contributed by atoms with Gasteiger partial charge in [0.25, 0.3) is 5.91 Å². The van der Waals surface area contributed by atoms with Crippen LogP contribution in [0.1, 0.15) is 157 Å². The molecular formula is C47H76FN3O2. The van der Waals surface area contributed by atoms with Crippen LogP contribution >= 0.6 is 0 Å². The smallest absolute Gasteiger partial charge is 0.251 e. The third kappa shape index (κ3) is 13.7. The highest BCUT2D eigenvalue weighted by atomic mass is 19.1. The number of fused-ring (bicyclic) bond motifs is 3. The first-order chi connectivity index (χ1) is 25.4. The van der Waals surface area contributed by atoms with Crippen molar-refractivity contribution in [1.82, 2.24) is 15.5 Å². The van der Waals surface area contributed by atoms with Gasteiger partial charge in [-0.25, -0.2) is 4.39 Å². The van der Waals surface area contributed by atoms with E-state index in [0.29, 0.717) is 12.0 Å². The Kier molecular flexibility index (Phi) is 23.1. The fourth-order valence-corrected chi connectivity index (χ4v) is 6.67. The van der Waals surface area contributed by atoms with Gasteiger partial charge in [-0.1, -0.05) is 157 Å². The van der Waals surface area contributed by atoms with Crippen molar-refractivity contribution in [2.24, 2.45) is 0 Å². The summed E-state index contributed by atoms with van der Waals surface area (Å²) in [4.78, 5) is 29.4. The molecule has 6 heteroatoms. The molecule has 0 spiro atoms. The molecule has 2 N–H and O–H groups in total. The Bertz CT molecular complexity index is 1430. The van der Waals surface area contributed by atoms with E-state index in [4.69, 9.17) is 0 Å². The van der Waals surface area contributed by atoms with Crippen LogP contribution in [0, 0.1) is 0 Å². The second-order valence-corrected chi connectivity index (χ2v) is 13.9. The molecule has 1 atom stereocenters. The molecule has 53 heavy (non-hydrogen) atoms. The van der Waals surface area contributed by atoms with Crippen LogP contribution < -0.4 is 10.6 Å². The Balaban J connectivity index is 0.00000249. The maximum Gasteiger partial charge on any atom is 0.251 e. The molecule has 1 fully saturated rings. The number of nitrogens with zero attached hydrogens (tertiary/aromatic N) is 1. The fraction of sp³-hybridized carbons (Fsp3) is 0.574. The molecule has 3 aromatic rings. The minimum absolute atomic E-state index is 0.00774. The van der Waals surface area contributed by atoms with Crippen molar-refractivity contribution in [3.8, 4) is 11.1 Å². The minimum atomic E-state index is -1.49. The van der Waals surface area contributed by atoms with Gasteiger partial charge in [0.15, 0.2) is 0 Å². The number of carbonyl (C=O) groups is 2. The zero-order valence-electron chi connectivity index (χ0n) is 36.3. The van der Waals surface area contributed by atoms with Crippen LogP contribution in [0.4, 0.5) is 4.39 Å². The summed E-state index contributed by atoms with van der Waals surface area (Å²) in [7, 11) is 0. The lowest BCUT2D eigenvalue weighted by Crippen LogP contribution is -2.47.